The smallest absolute Gasteiger partial charge is 0.339 e. The lowest BCUT2D eigenvalue weighted by Gasteiger charge is -2.35. The summed E-state index contributed by atoms with van der Waals surface area (Å²) in [6.45, 7) is 5.66. The zero-order chi connectivity index (χ0) is 33.6. The minimum atomic E-state index is -5.77. The van der Waals surface area contributed by atoms with Crippen LogP contribution in [0.4, 0.5) is 13.9 Å². The van der Waals surface area contributed by atoms with Crippen molar-refractivity contribution >= 4 is 79.1 Å². The first kappa shape index (κ1) is 34.3. The zero-order valence-electron chi connectivity index (χ0n) is 24.8. The maximum atomic E-state index is 14.3. The van der Waals surface area contributed by atoms with Crippen LogP contribution in [-0.2, 0) is 19.8 Å². The van der Waals surface area contributed by atoms with Crippen LogP contribution in [0.25, 0.3) is 20.5 Å². The summed E-state index contributed by atoms with van der Waals surface area (Å²) in [7, 11) is -5.77. The number of amides is 3. The van der Waals surface area contributed by atoms with Gasteiger partial charge in [0.15, 0.2) is 5.13 Å². The number of thiophene rings is 1. The molecule has 0 aliphatic carbocycles. The molecule has 244 valence electrons. The third-order valence-electron chi connectivity index (χ3n) is 7.54. The number of aromatic nitrogens is 1. The minimum absolute atomic E-state index is 0.120. The molecule has 2 unspecified atom stereocenters. The summed E-state index contributed by atoms with van der Waals surface area (Å²) in [6.07, 6.45) is 2.70. The van der Waals surface area contributed by atoms with Gasteiger partial charge >= 0.3 is 13.3 Å². The monoisotopic (exact) mass is 754 g/mol. The standard InChI is InChI=1S/C30H30BrF2N4O6PS2/c1-29(2,3)24(35-26(39)22-14-17-13-18(8-11-21(17)45-22)30(32,33)44(41,42)43)27(40)37-12-4-5-20(37)25(38)36-28-34-15-23(46-28)16-6-9-19(31)10-7-16/h6-11,13-15,20,24H,4-5,12H2,1-3H3,(H,35,39)(H,34,36,38)(H2,41,42,43). The normalized spacial score (nSPS) is 16.4. The zero-order valence-corrected chi connectivity index (χ0v) is 28.9. The van der Waals surface area contributed by atoms with Crippen LogP contribution in [0.15, 0.2) is 59.2 Å². The molecule has 0 saturated carbocycles. The highest BCUT2D eigenvalue weighted by Gasteiger charge is 2.50. The largest absolute Gasteiger partial charge is 0.399 e. The van der Waals surface area contributed by atoms with Gasteiger partial charge in [0.05, 0.1) is 9.75 Å². The highest BCUT2D eigenvalue weighted by Crippen LogP contribution is 2.59. The Morgan fingerprint density at radius 2 is 1.78 bits per heavy atom. The molecule has 0 radical (unpaired) electrons. The van der Waals surface area contributed by atoms with E-state index in [-0.39, 0.29) is 16.2 Å². The lowest BCUT2D eigenvalue weighted by atomic mass is 9.85. The first-order valence-electron chi connectivity index (χ1n) is 14.1. The number of carbonyl (C=O) groups is 3. The fraction of sp³-hybridized carbons (Fsp3) is 0.333. The van der Waals surface area contributed by atoms with E-state index in [0.29, 0.717) is 29.2 Å². The predicted molar refractivity (Wildman–Crippen MR) is 177 cm³/mol. The van der Waals surface area contributed by atoms with Crippen molar-refractivity contribution in [3.8, 4) is 10.4 Å². The molecule has 0 spiro atoms. The van der Waals surface area contributed by atoms with E-state index < -0.39 is 48.1 Å². The molecular formula is C30H30BrF2N4O6PS2. The van der Waals surface area contributed by atoms with Crippen LogP contribution >= 0.6 is 46.2 Å². The number of likely N-dealkylation sites (tertiary alicyclic amines) is 1. The van der Waals surface area contributed by atoms with E-state index in [4.69, 9.17) is 9.79 Å². The molecule has 5 rings (SSSR count). The summed E-state index contributed by atoms with van der Waals surface area (Å²) in [5.41, 5.74) is -5.09. The Morgan fingerprint density at radius 1 is 1.09 bits per heavy atom. The number of alkyl halides is 2. The van der Waals surface area contributed by atoms with E-state index in [9.17, 15) is 27.7 Å². The molecule has 3 amide bonds. The number of hydrogen-bond donors (Lipinski definition) is 4. The molecular weight excluding hydrogens is 725 g/mol. The van der Waals surface area contributed by atoms with Crippen LogP contribution in [0, 0.1) is 5.41 Å². The lowest BCUT2D eigenvalue weighted by molar-refractivity contribution is -0.140. The van der Waals surface area contributed by atoms with Gasteiger partial charge in [0.25, 0.3) is 5.91 Å². The summed E-state index contributed by atoms with van der Waals surface area (Å²) in [5, 5.41) is 6.20. The number of nitrogens with zero attached hydrogens (tertiary/aromatic N) is 2. The highest BCUT2D eigenvalue weighted by molar-refractivity contribution is 9.10. The summed E-state index contributed by atoms with van der Waals surface area (Å²) in [5.74, 6) is -1.44. The van der Waals surface area contributed by atoms with Gasteiger partial charge in [-0.05, 0) is 59.5 Å². The number of benzene rings is 2. The van der Waals surface area contributed by atoms with Crippen molar-refractivity contribution in [3.05, 3.63) is 69.6 Å². The first-order chi connectivity index (χ1) is 21.5. The van der Waals surface area contributed by atoms with Gasteiger partial charge in [-0.1, -0.05) is 66.2 Å². The van der Waals surface area contributed by atoms with Crippen molar-refractivity contribution in [1.29, 1.82) is 0 Å². The molecule has 1 fully saturated rings. The molecule has 2 atom stereocenters. The molecule has 1 aliphatic rings. The molecule has 1 saturated heterocycles. The Labute approximate surface area is 279 Å². The van der Waals surface area contributed by atoms with Gasteiger partial charge in [0, 0.05) is 27.5 Å². The Kier molecular flexibility index (Phi) is 9.57. The van der Waals surface area contributed by atoms with Crippen LogP contribution in [0.5, 0.6) is 0 Å². The number of anilines is 1. The molecule has 2 aromatic heterocycles. The molecule has 1 aliphatic heterocycles. The number of nitrogens with one attached hydrogen (secondary N) is 2. The Hall–Kier alpha value is -3.07. The second-order valence-electron chi connectivity index (χ2n) is 11.9. The SMILES string of the molecule is CC(C)(C)C(NC(=O)c1cc2cc(C(F)(F)P(=O)(O)O)ccc2s1)C(=O)N1CCCC1C(=O)Nc1ncc(-c2ccc(Br)cc2)s1. The fourth-order valence-electron chi connectivity index (χ4n) is 5.10. The third-order valence-corrected chi connectivity index (χ3v) is 11.1. The van der Waals surface area contributed by atoms with Gasteiger partial charge < -0.3 is 25.3 Å². The van der Waals surface area contributed by atoms with Crippen molar-refractivity contribution in [3.63, 3.8) is 0 Å². The quantitative estimate of drug-likeness (QED) is 0.145. The predicted octanol–water partition coefficient (Wildman–Crippen LogP) is 6.79. The van der Waals surface area contributed by atoms with Gasteiger partial charge in [0.2, 0.25) is 11.8 Å². The Bertz CT molecular complexity index is 1850. The van der Waals surface area contributed by atoms with Crippen molar-refractivity contribution in [1.82, 2.24) is 15.2 Å². The number of halogens is 3. The van der Waals surface area contributed by atoms with Crippen molar-refractivity contribution in [2.45, 2.75) is 51.4 Å². The second-order valence-corrected chi connectivity index (χ2v) is 16.6. The van der Waals surface area contributed by atoms with E-state index in [1.807, 2.05) is 24.3 Å². The van der Waals surface area contributed by atoms with E-state index in [0.717, 1.165) is 38.4 Å². The maximum Gasteiger partial charge on any atom is 0.399 e. The van der Waals surface area contributed by atoms with E-state index >= 15 is 0 Å². The average molecular weight is 756 g/mol. The second kappa shape index (κ2) is 12.9. The number of hydrogen-bond acceptors (Lipinski definition) is 7. The maximum absolute atomic E-state index is 14.3. The van der Waals surface area contributed by atoms with Crippen molar-refractivity contribution in [2.24, 2.45) is 5.41 Å². The lowest BCUT2D eigenvalue weighted by Crippen LogP contribution is -2.57. The topological polar surface area (TPSA) is 149 Å². The summed E-state index contributed by atoms with van der Waals surface area (Å²) in [4.78, 5) is 65.7. The van der Waals surface area contributed by atoms with Gasteiger partial charge in [-0.3, -0.25) is 18.9 Å². The number of carbonyl (C=O) groups excluding carboxylic acids is 3. The number of fused-ring (bicyclic) bond motifs is 1. The van der Waals surface area contributed by atoms with Gasteiger partial charge in [-0.15, -0.1) is 11.3 Å². The minimum Gasteiger partial charge on any atom is -0.339 e. The Morgan fingerprint density at radius 3 is 2.43 bits per heavy atom. The molecule has 16 heteroatoms. The molecule has 4 N–H and O–H groups in total. The van der Waals surface area contributed by atoms with E-state index in [2.05, 4.69) is 31.5 Å². The molecule has 2 aromatic carbocycles. The van der Waals surface area contributed by atoms with Crippen LogP contribution in [0.3, 0.4) is 0 Å². The van der Waals surface area contributed by atoms with Crippen LogP contribution in [0.1, 0.15) is 48.8 Å². The Balaban J connectivity index is 1.31. The summed E-state index contributed by atoms with van der Waals surface area (Å²) < 4.78 is 41.3. The average Bonchev–Trinajstić information content (AvgIpc) is 3.74. The van der Waals surface area contributed by atoms with E-state index in [1.54, 1.807) is 27.0 Å². The van der Waals surface area contributed by atoms with Gasteiger partial charge in [-0.25, -0.2) is 4.98 Å². The molecule has 46 heavy (non-hydrogen) atoms. The molecule has 4 aromatic rings. The first-order valence-corrected chi connectivity index (χ1v) is 18.1. The van der Waals surface area contributed by atoms with Crippen LogP contribution in [0.2, 0.25) is 0 Å². The molecule has 3 heterocycles. The van der Waals surface area contributed by atoms with Crippen molar-refractivity contribution in [2.75, 3.05) is 11.9 Å². The van der Waals surface area contributed by atoms with Crippen LogP contribution < -0.4 is 10.6 Å². The highest BCUT2D eigenvalue weighted by atomic mass is 79.9. The third kappa shape index (κ3) is 7.09. The summed E-state index contributed by atoms with van der Waals surface area (Å²) >= 11 is 5.71. The van der Waals surface area contributed by atoms with Crippen LogP contribution in [-0.4, -0.2) is 56.0 Å². The van der Waals surface area contributed by atoms with Gasteiger partial charge in [0.1, 0.15) is 12.1 Å². The number of thiazole rings is 1. The van der Waals surface area contributed by atoms with Gasteiger partial charge in [-0.2, -0.15) is 8.78 Å². The number of rotatable bonds is 8. The fourth-order valence-corrected chi connectivity index (χ4v) is 7.61. The van der Waals surface area contributed by atoms with E-state index in [1.165, 1.54) is 28.4 Å². The van der Waals surface area contributed by atoms with Crippen molar-refractivity contribution < 1.29 is 37.5 Å². The molecule has 0 bridgehead atoms. The summed E-state index contributed by atoms with van der Waals surface area (Å²) in [6, 6.07) is 10.3. The molecule has 10 nitrogen and oxygen atoms in total.